The van der Waals surface area contributed by atoms with Crippen molar-refractivity contribution in [3.63, 3.8) is 0 Å². The Hall–Kier alpha value is -3.15. The van der Waals surface area contributed by atoms with Crippen LogP contribution >= 0.6 is 0 Å². The molecular formula is C23H25NO5. The Morgan fingerprint density at radius 3 is 2.41 bits per heavy atom. The number of rotatable bonds is 7. The molecule has 0 fully saturated rings. The van der Waals surface area contributed by atoms with E-state index in [1.54, 1.807) is 43.0 Å². The zero-order chi connectivity index (χ0) is 20.8. The molecule has 0 aromatic heterocycles. The van der Waals surface area contributed by atoms with E-state index in [4.69, 9.17) is 9.47 Å². The highest BCUT2D eigenvalue weighted by Crippen LogP contribution is 2.19. The van der Waals surface area contributed by atoms with Gasteiger partial charge in [0.05, 0.1) is 0 Å². The van der Waals surface area contributed by atoms with E-state index in [9.17, 15) is 14.4 Å². The molecule has 1 atom stereocenters. The van der Waals surface area contributed by atoms with E-state index in [0.717, 1.165) is 12.0 Å². The number of esters is 1. The van der Waals surface area contributed by atoms with Crippen molar-refractivity contribution in [2.24, 2.45) is 0 Å². The first-order chi connectivity index (χ1) is 14.0. The minimum atomic E-state index is -0.874. The van der Waals surface area contributed by atoms with Crippen LogP contribution in [0.4, 0.5) is 0 Å². The molecule has 1 aliphatic rings. The van der Waals surface area contributed by atoms with Crippen LogP contribution in [-0.4, -0.2) is 41.8 Å². The number of carbonyl (C=O) groups excluding carboxylic acids is 3. The lowest BCUT2D eigenvalue weighted by Crippen LogP contribution is -2.43. The lowest BCUT2D eigenvalue weighted by molar-refractivity contribution is -0.161. The average molecular weight is 395 g/mol. The lowest BCUT2D eigenvalue weighted by atomic mass is 9.99. The van der Waals surface area contributed by atoms with Gasteiger partial charge in [-0.1, -0.05) is 31.2 Å². The summed E-state index contributed by atoms with van der Waals surface area (Å²) >= 11 is 0. The molecule has 2 aromatic carbocycles. The van der Waals surface area contributed by atoms with Crippen molar-refractivity contribution < 1.29 is 23.9 Å². The maximum atomic E-state index is 12.6. The predicted octanol–water partition coefficient (Wildman–Crippen LogP) is 3.17. The summed E-state index contributed by atoms with van der Waals surface area (Å²) in [4.78, 5) is 38.0. The first kappa shape index (κ1) is 20.6. The van der Waals surface area contributed by atoms with Crippen molar-refractivity contribution in [2.75, 3.05) is 13.2 Å². The van der Waals surface area contributed by atoms with Gasteiger partial charge < -0.3 is 14.4 Å². The van der Waals surface area contributed by atoms with Crippen molar-refractivity contribution in [1.29, 1.82) is 0 Å². The van der Waals surface area contributed by atoms with Crippen LogP contribution in [0, 0.1) is 0 Å². The van der Waals surface area contributed by atoms with Gasteiger partial charge in [0.25, 0.3) is 5.91 Å². The summed E-state index contributed by atoms with van der Waals surface area (Å²) < 4.78 is 10.6. The molecule has 1 aliphatic heterocycles. The molecule has 6 heteroatoms. The molecule has 2 aromatic rings. The molecule has 29 heavy (non-hydrogen) atoms. The molecule has 0 radical (unpaired) electrons. The average Bonchev–Trinajstić information content (AvgIpc) is 2.76. The molecule has 1 heterocycles. The Bertz CT molecular complexity index is 890. The third-order valence-corrected chi connectivity index (χ3v) is 4.95. The van der Waals surface area contributed by atoms with Gasteiger partial charge in [-0.3, -0.25) is 9.59 Å². The van der Waals surface area contributed by atoms with Crippen LogP contribution < -0.4 is 4.74 Å². The van der Waals surface area contributed by atoms with Crippen LogP contribution in [0.15, 0.2) is 48.5 Å². The number of Topliss-reactive ketones (excluding diaryl/α,β-unsaturated/α-hetero) is 1. The predicted molar refractivity (Wildman–Crippen MR) is 108 cm³/mol. The Kier molecular flexibility index (Phi) is 6.65. The summed E-state index contributed by atoms with van der Waals surface area (Å²) in [6, 6.07) is 14.6. The summed E-state index contributed by atoms with van der Waals surface area (Å²) in [6.45, 7) is 4.20. The van der Waals surface area contributed by atoms with E-state index < -0.39 is 12.1 Å². The molecule has 0 bridgehead atoms. The first-order valence-corrected chi connectivity index (χ1v) is 9.79. The third-order valence-electron chi connectivity index (χ3n) is 4.95. The number of amides is 1. The number of hydrogen-bond acceptors (Lipinski definition) is 5. The van der Waals surface area contributed by atoms with Gasteiger partial charge in [-0.25, -0.2) is 4.79 Å². The van der Waals surface area contributed by atoms with Gasteiger partial charge in [0, 0.05) is 25.1 Å². The van der Waals surface area contributed by atoms with Gasteiger partial charge in [-0.15, -0.1) is 0 Å². The van der Waals surface area contributed by atoms with Crippen molar-refractivity contribution in [3.8, 4) is 5.75 Å². The van der Waals surface area contributed by atoms with Gasteiger partial charge >= 0.3 is 5.97 Å². The first-order valence-electron chi connectivity index (χ1n) is 9.79. The molecular weight excluding hydrogens is 370 g/mol. The number of benzene rings is 2. The smallest absolute Gasteiger partial charge is 0.344 e. The Balaban J connectivity index is 1.47. The number of fused-ring (bicyclic) bond motifs is 1. The van der Waals surface area contributed by atoms with Gasteiger partial charge in [0.1, 0.15) is 5.75 Å². The normalized spacial score (nSPS) is 13.9. The Morgan fingerprint density at radius 2 is 1.72 bits per heavy atom. The van der Waals surface area contributed by atoms with Gasteiger partial charge in [-0.2, -0.15) is 0 Å². The zero-order valence-electron chi connectivity index (χ0n) is 16.7. The second-order valence-corrected chi connectivity index (χ2v) is 7.00. The zero-order valence-corrected chi connectivity index (χ0v) is 16.7. The van der Waals surface area contributed by atoms with Crippen LogP contribution in [0.3, 0.4) is 0 Å². The standard InChI is InChI=1S/C23H25NO5/c1-3-21(25)18-8-10-20(11-9-18)28-15-22(26)29-16(2)23(27)24-13-12-17-6-4-5-7-19(17)14-24/h4-11,16H,3,12-15H2,1-2H3. The topological polar surface area (TPSA) is 72.9 Å². The maximum Gasteiger partial charge on any atom is 0.344 e. The Morgan fingerprint density at radius 1 is 1.03 bits per heavy atom. The van der Waals surface area contributed by atoms with Gasteiger partial charge in [0.15, 0.2) is 18.5 Å². The molecule has 0 N–H and O–H groups in total. The lowest BCUT2D eigenvalue weighted by Gasteiger charge is -2.30. The second-order valence-electron chi connectivity index (χ2n) is 7.00. The van der Waals surface area contributed by atoms with Crippen molar-refractivity contribution >= 4 is 17.7 Å². The van der Waals surface area contributed by atoms with Crippen LogP contribution in [0.1, 0.15) is 41.8 Å². The molecule has 0 aliphatic carbocycles. The fourth-order valence-corrected chi connectivity index (χ4v) is 3.31. The molecule has 1 unspecified atom stereocenters. The number of ketones is 1. The molecule has 152 valence electrons. The molecule has 0 spiro atoms. The third kappa shape index (κ3) is 5.22. The van der Waals surface area contributed by atoms with Gasteiger partial charge in [-0.05, 0) is 48.7 Å². The summed E-state index contributed by atoms with van der Waals surface area (Å²) in [5.74, 6) is -0.322. The minimum absolute atomic E-state index is 0.0450. The summed E-state index contributed by atoms with van der Waals surface area (Å²) in [6.07, 6.45) is 0.351. The van der Waals surface area contributed by atoms with E-state index in [1.807, 2.05) is 18.2 Å². The molecule has 1 amide bonds. The van der Waals surface area contributed by atoms with Crippen LogP contribution in [0.25, 0.3) is 0 Å². The quantitative estimate of drug-likeness (QED) is 0.532. The molecule has 6 nitrogen and oxygen atoms in total. The van der Waals surface area contributed by atoms with Crippen LogP contribution in [0.2, 0.25) is 0 Å². The fraction of sp³-hybridized carbons (Fsp3) is 0.348. The largest absolute Gasteiger partial charge is 0.482 e. The van der Waals surface area contributed by atoms with E-state index in [2.05, 4.69) is 6.07 Å². The van der Waals surface area contributed by atoms with E-state index in [-0.39, 0.29) is 18.3 Å². The maximum absolute atomic E-state index is 12.6. The number of ether oxygens (including phenoxy) is 2. The fourth-order valence-electron chi connectivity index (χ4n) is 3.31. The SMILES string of the molecule is CCC(=O)c1ccc(OCC(=O)OC(C)C(=O)N2CCc3ccccc3C2)cc1. The van der Waals surface area contributed by atoms with E-state index in [0.29, 0.717) is 30.8 Å². The van der Waals surface area contributed by atoms with Crippen LogP contribution in [-0.2, 0) is 27.3 Å². The number of hydrogen-bond donors (Lipinski definition) is 0. The Labute approximate surface area is 170 Å². The number of nitrogens with zero attached hydrogens (tertiary/aromatic N) is 1. The van der Waals surface area contributed by atoms with Gasteiger partial charge in [0.2, 0.25) is 0 Å². The highest BCUT2D eigenvalue weighted by Gasteiger charge is 2.27. The monoisotopic (exact) mass is 395 g/mol. The molecule has 0 saturated heterocycles. The molecule has 3 rings (SSSR count). The number of carbonyl (C=O) groups is 3. The van der Waals surface area contributed by atoms with E-state index in [1.165, 1.54) is 5.56 Å². The summed E-state index contributed by atoms with van der Waals surface area (Å²) in [5, 5.41) is 0. The summed E-state index contributed by atoms with van der Waals surface area (Å²) in [5.41, 5.74) is 2.98. The summed E-state index contributed by atoms with van der Waals surface area (Å²) in [7, 11) is 0. The van der Waals surface area contributed by atoms with Crippen LogP contribution in [0.5, 0.6) is 5.75 Å². The second kappa shape index (κ2) is 9.37. The van der Waals surface area contributed by atoms with Crippen molar-refractivity contribution in [2.45, 2.75) is 39.3 Å². The van der Waals surface area contributed by atoms with Crippen molar-refractivity contribution in [1.82, 2.24) is 4.90 Å². The van der Waals surface area contributed by atoms with Crippen molar-refractivity contribution in [3.05, 3.63) is 65.2 Å². The minimum Gasteiger partial charge on any atom is -0.482 e. The van der Waals surface area contributed by atoms with E-state index >= 15 is 0 Å². The highest BCUT2D eigenvalue weighted by atomic mass is 16.6. The highest BCUT2D eigenvalue weighted by molar-refractivity contribution is 5.95. The molecule has 0 saturated carbocycles.